The van der Waals surface area contributed by atoms with Crippen molar-refractivity contribution in [2.45, 2.75) is 13.8 Å². The van der Waals surface area contributed by atoms with Gasteiger partial charge in [0.15, 0.2) is 11.1 Å². The van der Waals surface area contributed by atoms with E-state index in [-0.39, 0.29) is 5.29 Å². The first-order valence-corrected chi connectivity index (χ1v) is 4.11. The highest BCUT2D eigenvalue weighted by Gasteiger charge is 2.03. The third kappa shape index (κ3) is 2.22. The Bertz CT molecular complexity index is 359. The Labute approximate surface area is 83.4 Å². The molecule has 0 atom stereocenters. The molecule has 5 heteroatoms. The average Bonchev–Trinajstić information content (AvgIpc) is 2.06. The first kappa shape index (κ1) is 10.1. The highest BCUT2D eigenvalue weighted by molar-refractivity contribution is 6.64. The third-order valence-corrected chi connectivity index (χ3v) is 1.95. The van der Waals surface area contributed by atoms with Crippen LogP contribution in [0.5, 0.6) is 0 Å². The van der Waals surface area contributed by atoms with Crippen LogP contribution in [0.15, 0.2) is 11.2 Å². The van der Waals surface area contributed by atoms with Crippen molar-refractivity contribution < 1.29 is 0 Å². The highest BCUT2D eigenvalue weighted by atomic mass is 35.5. The number of pyridine rings is 1. The van der Waals surface area contributed by atoms with Crippen LogP contribution in [0.1, 0.15) is 11.1 Å². The summed E-state index contributed by atoms with van der Waals surface area (Å²) in [5.74, 6) is 0.513. The molecule has 2 radical (unpaired) electrons. The fourth-order valence-corrected chi connectivity index (χ4v) is 1.00. The van der Waals surface area contributed by atoms with Crippen LogP contribution in [-0.4, -0.2) is 18.1 Å². The molecule has 1 heterocycles. The lowest BCUT2D eigenvalue weighted by Gasteiger charge is -2.06. The maximum Gasteiger partial charge on any atom is 0.195 e. The Morgan fingerprint density at radius 2 is 2.15 bits per heavy atom. The summed E-state index contributed by atoms with van der Waals surface area (Å²) in [7, 11) is 5.65. The van der Waals surface area contributed by atoms with E-state index in [1.54, 1.807) is 6.20 Å². The maximum atomic E-state index is 5.65. The van der Waals surface area contributed by atoms with Crippen molar-refractivity contribution in [1.82, 2.24) is 4.98 Å². The van der Waals surface area contributed by atoms with E-state index < -0.39 is 0 Å². The molecule has 0 aromatic carbocycles. The van der Waals surface area contributed by atoms with E-state index >= 15 is 0 Å². The second-order valence-electron chi connectivity index (χ2n) is 2.72. The molecular formula is C8H9BClN3. The van der Waals surface area contributed by atoms with Gasteiger partial charge in [0.25, 0.3) is 0 Å². The molecule has 0 fully saturated rings. The molecule has 2 N–H and O–H groups in total. The second kappa shape index (κ2) is 3.79. The van der Waals surface area contributed by atoms with E-state index in [2.05, 4.69) is 9.98 Å². The van der Waals surface area contributed by atoms with Crippen molar-refractivity contribution >= 4 is 36.0 Å². The molecule has 1 rings (SSSR count). The van der Waals surface area contributed by atoms with Gasteiger partial charge < -0.3 is 5.73 Å². The minimum absolute atomic E-state index is 0.0280. The molecule has 0 bridgehead atoms. The number of rotatable bonds is 1. The van der Waals surface area contributed by atoms with E-state index in [4.69, 9.17) is 25.2 Å². The summed E-state index contributed by atoms with van der Waals surface area (Å²) in [6, 6.07) is 0. The number of hydrogen-bond donors (Lipinski definition) is 1. The van der Waals surface area contributed by atoms with Crippen LogP contribution in [0.2, 0.25) is 0 Å². The molecule has 0 aliphatic rings. The summed E-state index contributed by atoms with van der Waals surface area (Å²) in [6.07, 6.45) is 1.54. The quantitative estimate of drug-likeness (QED) is 0.309. The average molecular weight is 193 g/mol. The molecule has 66 valence electrons. The van der Waals surface area contributed by atoms with Gasteiger partial charge in [-0.3, -0.25) is 0 Å². The molecule has 3 nitrogen and oxygen atoms in total. The lowest BCUT2D eigenvalue weighted by atomic mass is 9.91. The van der Waals surface area contributed by atoms with Gasteiger partial charge in [-0.25, -0.2) is 9.98 Å². The standard InChI is InChI=1S/C8H9BClN3/c1-4-5(2)7(13-8(10)11)12-3-6(4)9/h3H,1-2H3,(H2,11,12,13). The van der Waals surface area contributed by atoms with Crippen LogP contribution in [-0.2, 0) is 0 Å². The van der Waals surface area contributed by atoms with Gasteiger partial charge in [-0.2, -0.15) is 0 Å². The van der Waals surface area contributed by atoms with Gasteiger partial charge in [0.05, 0.1) is 0 Å². The summed E-state index contributed by atoms with van der Waals surface area (Å²) in [5, 5.41) is -0.0280. The van der Waals surface area contributed by atoms with Gasteiger partial charge in [0, 0.05) is 6.20 Å². The number of nitrogens with zero attached hydrogens (tertiary/aromatic N) is 2. The Hall–Kier alpha value is -1.03. The predicted molar refractivity (Wildman–Crippen MR) is 56.2 cm³/mol. The van der Waals surface area contributed by atoms with Gasteiger partial charge >= 0.3 is 0 Å². The molecule has 0 saturated heterocycles. The summed E-state index contributed by atoms with van der Waals surface area (Å²) < 4.78 is 0. The zero-order valence-corrected chi connectivity index (χ0v) is 8.26. The Morgan fingerprint density at radius 1 is 1.54 bits per heavy atom. The molecule has 0 aliphatic carbocycles. The van der Waals surface area contributed by atoms with Crippen molar-refractivity contribution in [3.8, 4) is 0 Å². The van der Waals surface area contributed by atoms with Crippen LogP contribution < -0.4 is 11.2 Å². The van der Waals surface area contributed by atoms with Crippen molar-refractivity contribution in [1.29, 1.82) is 0 Å². The third-order valence-electron chi connectivity index (χ3n) is 1.87. The van der Waals surface area contributed by atoms with Gasteiger partial charge in [-0.1, -0.05) is 5.46 Å². The Kier molecular flexibility index (Phi) is 2.93. The summed E-state index contributed by atoms with van der Waals surface area (Å²) in [5.41, 5.74) is 7.71. The lowest BCUT2D eigenvalue weighted by molar-refractivity contribution is 1.20. The fourth-order valence-electron chi connectivity index (χ4n) is 0.922. The van der Waals surface area contributed by atoms with Crippen LogP contribution in [0, 0.1) is 13.8 Å². The molecule has 0 spiro atoms. The molecule has 0 saturated carbocycles. The molecule has 1 aromatic rings. The van der Waals surface area contributed by atoms with Gasteiger partial charge in [-0.15, -0.1) is 0 Å². The number of aliphatic imine (C=N–C) groups is 1. The predicted octanol–water partition coefficient (Wildman–Crippen LogP) is 0.677. The van der Waals surface area contributed by atoms with E-state index in [9.17, 15) is 0 Å². The number of hydrogen-bond acceptors (Lipinski definition) is 2. The van der Waals surface area contributed by atoms with Gasteiger partial charge in [0.2, 0.25) is 0 Å². The molecule has 0 aliphatic heterocycles. The second-order valence-corrected chi connectivity index (χ2v) is 3.11. The van der Waals surface area contributed by atoms with Crippen molar-refractivity contribution in [3.63, 3.8) is 0 Å². The van der Waals surface area contributed by atoms with Crippen molar-refractivity contribution in [2.75, 3.05) is 0 Å². The van der Waals surface area contributed by atoms with Crippen LogP contribution in [0.4, 0.5) is 5.82 Å². The molecule has 0 unspecified atom stereocenters. The van der Waals surface area contributed by atoms with Gasteiger partial charge in [0.1, 0.15) is 7.85 Å². The van der Waals surface area contributed by atoms with Gasteiger partial charge in [-0.05, 0) is 36.6 Å². The first-order valence-electron chi connectivity index (χ1n) is 3.73. The monoisotopic (exact) mass is 193 g/mol. The zero-order chi connectivity index (χ0) is 10.0. The molecular weight excluding hydrogens is 184 g/mol. The Morgan fingerprint density at radius 3 is 2.69 bits per heavy atom. The van der Waals surface area contributed by atoms with Crippen molar-refractivity contribution in [3.05, 3.63) is 17.3 Å². The number of halogens is 1. The van der Waals surface area contributed by atoms with E-state index in [0.717, 1.165) is 11.1 Å². The largest absolute Gasteiger partial charge is 0.374 e. The van der Waals surface area contributed by atoms with E-state index in [1.807, 2.05) is 13.8 Å². The first-order chi connectivity index (χ1) is 6.02. The smallest absolute Gasteiger partial charge is 0.195 e. The van der Waals surface area contributed by atoms with Crippen molar-refractivity contribution in [2.24, 2.45) is 10.7 Å². The topological polar surface area (TPSA) is 51.3 Å². The fraction of sp³-hybridized carbons (Fsp3) is 0.250. The lowest BCUT2D eigenvalue weighted by Crippen LogP contribution is -2.10. The molecule has 1 aromatic heterocycles. The van der Waals surface area contributed by atoms with E-state index in [1.165, 1.54) is 0 Å². The maximum absolute atomic E-state index is 5.65. The SMILES string of the molecule is [B]c1cnc(N=C(N)Cl)c(C)c1C. The number of amidine groups is 1. The Balaban J connectivity index is 3.26. The van der Waals surface area contributed by atoms with Crippen LogP contribution in [0.25, 0.3) is 0 Å². The highest BCUT2D eigenvalue weighted by Crippen LogP contribution is 2.16. The minimum atomic E-state index is -0.0280. The molecule has 13 heavy (non-hydrogen) atoms. The summed E-state index contributed by atoms with van der Waals surface area (Å²) >= 11 is 5.43. The zero-order valence-electron chi connectivity index (χ0n) is 7.50. The van der Waals surface area contributed by atoms with Crippen LogP contribution >= 0.6 is 11.6 Å². The van der Waals surface area contributed by atoms with E-state index in [0.29, 0.717) is 11.3 Å². The minimum Gasteiger partial charge on any atom is -0.374 e. The molecule has 0 amide bonds. The normalized spacial score (nSPS) is 11.8. The summed E-state index contributed by atoms with van der Waals surface area (Å²) in [6.45, 7) is 3.77. The number of nitrogens with two attached hydrogens (primary N) is 1. The summed E-state index contributed by atoms with van der Waals surface area (Å²) in [4.78, 5) is 7.86. The van der Waals surface area contributed by atoms with Crippen LogP contribution in [0.3, 0.4) is 0 Å². The number of aromatic nitrogens is 1.